The summed E-state index contributed by atoms with van der Waals surface area (Å²) in [6.45, 7) is 6.13. The van der Waals surface area contributed by atoms with E-state index in [1.54, 1.807) is 25.1 Å². The number of hydrogen-bond acceptors (Lipinski definition) is 4. The Labute approximate surface area is 150 Å². The predicted octanol–water partition coefficient (Wildman–Crippen LogP) is 4.02. The van der Waals surface area contributed by atoms with Gasteiger partial charge in [-0.2, -0.15) is 5.26 Å². The quantitative estimate of drug-likeness (QED) is 0.783. The molecule has 0 atom stereocenters. The Balaban J connectivity index is 2.00. The zero-order valence-corrected chi connectivity index (χ0v) is 15.1. The molecular weight excluding hydrogens is 334 g/mol. The standard InChI is InChI=1S/C19H17N3O2S/c1-4-21-18(23)17(25-19(21)24)10-15-9-12(2)22(13(15)3)16-7-5-14(11-20)6-8-16/h5-10H,4H2,1-3H3/b17-10+. The molecule has 126 valence electrons. The Morgan fingerprint density at radius 1 is 1.20 bits per heavy atom. The molecule has 2 amide bonds. The first-order valence-electron chi connectivity index (χ1n) is 7.91. The topological polar surface area (TPSA) is 66.1 Å². The minimum atomic E-state index is -0.235. The summed E-state index contributed by atoms with van der Waals surface area (Å²) in [4.78, 5) is 25.8. The summed E-state index contributed by atoms with van der Waals surface area (Å²) >= 11 is 0.979. The third-order valence-electron chi connectivity index (χ3n) is 4.20. The summed E-state index contributed by atoms with van der Waals surface area (Å²) in [5.41, 5.74) is 4.46. The summed E-state index contributed by atoms with van der Waals surface area (Å²) in [7, 11) is 0. The van der Waals surface area contributed by atoms with Gasteiger partial charge in [-0.15, -0.1) is 0 Å². The van der Waals surface area contributed by atoms with E-state index in [2.05, 4.69) is 10.6 Å². The maximum atomic E-state index is 12.3. The van der Waals surface area contributed by atoms with Crippen molar-refractivity contribution < 1.29 is 9.59 Å². The van der Waals surface area contributed by atoms with Gasteiger partial charge in [0.05, 0.1) is 16.5 Å². The summed E-state index contributed by atoms with van der Waals surface area (Å²) in [6, 6.07) is 11.5. The van der Waals surface area contributed by atoms with E-state index in [0.29, 0.717) is 17.0 Å². The number of hydrogen-bond donors (Lipinski definition) is 0. The Morgan fingerprint density at radius 2 is 1.88 bits per heavy atom. The van der Waals surface area contributed by atoms with Gasteiger partial charge in [0.1, 0.15) is 0 Å². The molecule has 1 aromatic heterocycles. The number of thioether (sulfide) groups is 1. The van der Waals surface area contributed by atoms with Crippen LogP contribution in [0.3, 0.4) is 0 Å². The second-order valence-electron chi connectivity index (χ2n) is 5.75. The van der Waals surface area contributed by atoms with Crippen LogP contribution in [-0.4, -0.2) is 27.2 Å². The maximum absolute atomic E-state index is 12.3. The number of rotatable bonds is 3. The molecule has 0 bridgehead atoms. The number of aryl methyl sites for hydroxylation is 1. The zero-order valence-electron chi connectivity index (χ0n) is 14.2. The van der Waals surface area contributed by atoms with E-state index in [-0.39, 0.29) is 11.1 Å². The highest BCUT2D eigenvalue weighted by molar-refractivity contribution is 8.18. The normalized spacial score (nSPS) is 15.9. The van der Waals surface area contributed by atoms with Crippen molar-refractivity contribution in [3.8, 4) is 11.8 Å². The second kappa shape index (κ2) is 6.61. The molecule has 0 aliphatic carbocycles. The van der Waals surface area contributed by atoms with Crippen LogP contribution >= 0.6 is 11.8 Å². The lowest BCUT2D eigenvalue weighted by atomic mass is 10.2. The van der Waals surface area contributed by atoms with Gasteiger partial charge < -0.3 is 4.57 Å². The number of nitriles is 1. The van der Waals surface area contributed by atoms with E-state index in [1.165, 1.54) is 4.90 Å². The zero-order chi connectivity index (χ0) is 18.1. The molecule has 1 fully saturated rings. The van der Waals surface area contributed by atoms with E-state index < -0.39 is 0 Å². The molecule has 5 nitrogen and oxygen atoms in total. The van der Waals surface area contributed by atoms with E-state index >= 15 is 0 Å². The number of amides is 2. The van der Waals surface area contributed by atoms with Crippen LogP contribution in [-0.2, 0) is 4.79 Å². The van der Waals surface area contributed by atoms with Crippen LogP contribution in [0.15, 0.2) is 35.2 Å². The SMILES string of the molecule is CCN1C(=O)S/C(=C/c2cc(C)n(-c3ccc(C#N)cc3)c2C)C1=O. The first-order valence-corrected chi connectivity index (χ1v) is 8.72. The highest BCUT2D eigenvalue weighted by Gasteiger charge is 2.33. The summed E-state index contributed by atoms with van der Waals surface area (Å²) in [5, 5.41) is 8.71. The summed E-state index contributed by atoms with van der Waals surface area (Å²) in [5.74, 6) is -0.235. The van der Waals surface area contributed by atoms with Crippen molar-refractivity contribution in [1.82, 2.24) is 9.47 Å². The average Bonchev–Trinajstić information content (AvgIpc) is 3.03. The molecule has 0 spiro atoms. The van der Waals surface area contributed by atoms with Crippen LogP contribution in [0.25, 0.3) is 11.8 Å². The molecule has 0 saturated carbocycles. The van der Waals surface area contributed by atoms with E-state index in [9.17, 15) is 9.59 Å². The van der Waals surface area contributed by atoms with Crippen LogP contribution in [0.5, 0.6) is 0 Å². The first kappa shape index (κ1) is 17.1. The first-order chi connectivity index (χ1) is 12.0. The van der Waals surface area contributed by atoms with Crippen LogP contribution in [0, 0.1) is 25.2 Å². The van der Waals surface area contributed by atoms with Gasteiger partial charge in [-0.3, -0.25) is 14.5 Å². The van der Waals surface area contributed by atoms with Gasteiger partial charge >= 0.3 is 0 Å². The van der Waals surface area contributed by atoms with Crippen molar-refractivity contribution in [3.63, 3.8) is 0 Å². The van der Waals surface area contributed by atoms with Crippen molar-refractivity contribution in [2.45, 2.75) is 20.8 Å². The van der Waals surface area contributed by atoms with Gasteiger partial charge in [0.25, 0.3) is 11.1 Å². The molecule has 0 N–H and O–H groups in total. The summed E-state index contributed by atoms with van der Waals surface area (Å²) in [6.07, 6.45) is 1.78. The molecule has 2 aromatic rings. The largest absolute Gasteiger partial charge is 0.318 e. The number of carbonyl (C=O) groups is 2. The number of likely N-dealkylation sites (N-methyl/N-ethyl adjacent to an activating group) is 1. The third kappa shape index (κ3) is 2.99. The molecule has 1 saturated heterocycles. The number of carbonyl (C=O) groups excluding carboxylic acids is 2. The Kier molecular flexibility index (Phi) is 4.51. The van der Waals surface area contributed by atoms with Crippen molar-refractivity contribution in [2.24, 2.45) is 0 Å². The lowest BCUT2D eigenvalue weighted by molar-refractivity contribution is -0.122. The van der Waals surface area contributed by atoms with Crippen molar-refractivity contribution in [1.29, 1.82) is 5.26 Å². The van der Waals surface area contributed by atoms with Gasteiger partial charge in [0, 0.05) is 23.6 Å². The Morgan fingerprint density at radius 3 is 2.44 bits per heavy atom. The lowest BCUT2D eigenvalue weighted by Crippen LogP contribution is -2.27. The fourth-order valence-corrected chi connectivity index (χ4v) is 3.82. The third-order valence-corrected chi connectivity index (χ3v) is 5.11. The van der Waals surface area contributed by atoms with Gasteiger partial charge in [-0.1, -0.05) is 0 Å². The van der Waals surface area contributed by atoms with Gasteiger partial charge in [0.2, 0.25) is 0 Å². The maximum Gasteiger partial charge on any atom is 0.293 e. The Bertz CT molecular complexity index is 933. The van der Waals surface area contributed by atoms with Crippen molar-refractivity contribution >= 4 is 29.0 Å². The molecule has 0 unspecified atom stereocenters. The second-order valence-corrected chi connectivity index (χ2v) is 6.74. The molecular formula is C19H17N3O2S. The van der Waals surface area contributed by atoms with Crippen LogP contribution < -0.4 is 0 Å². The number of benzene rings is 1. The minimum absolute atomic E-state index is 0.223. The van der Waals surface area contributed by atoms with Crippen LogP contribution in [0.2, 0.25) is 0 Å². The lowest BCUT2D eigenvalue weighted by Gasteiger charge is -2.09. The summed E-state index contributed by atoms with van der Waals surface area (Å²) < 4.78 is 2.07. The molecule has 25 heavy (non-hydrogen) atoms. The average molecular weight is 351 g/mol. The molecule has 6 heteroatoms. The number of aromatic nitrogens is 1. The number of imide groups is 1. The molecule has 1 aromatic carbocycles. The molecule has 1 aliphatic rings. The minimum Gasteiger partial charge on any atom is -0.318 e. The van der Waals surface area contributed by atoms with Crippen molar-refractivity contribution in [3.05, 3.63) is 57.8 Å². The molecule has 2 heterocycles. The number of nitrogens with zero attached hydrogens (tertiary/aromatic N) is 3. The predicted molar refractivity (Wildman–Crippen MR) is 98.3 cm³/mol. The van der Waals surface area contributed by atoms with Crippen LogP contribution in [0.1, 0.15) is 29.4 Å². The van der Waals surface area contributed by atoms with Gasteiger partial charge in [0.15, 0.2) is 0 Å². The van der Waals surface area contributed by atoms with Crippen LogP contribution in [0.4, 0.5) is 4.79 Å². The van der Waals surface area contributed by atoms with Gasteiger partial charge in [-0.05, 0) is 74.5 Å². The van der Waals surface area contributed by atoms with E-state index in [0.717, 1.165) is 34.4 Å². The highest BCUT2D eigenvalue weighted by Crippen LogP contribution is 2.33. The van der Waals surface area contributed by atoms with E-state index in [1.807, 2.05) is 32.0 Å². The molecule has 0 radical (unpaired) electrons. The fourth-order valence-electron chi connectivity index (χ4n) is 2.93. The van der Waals surface area contributed by atoms with E-state index in [4.69, 9.17) is 5.26 Å². The molecule has 1 aliphatic heterocycles. The van der Waals surface area contributed by atoms with Gasteiger partial charge in [-0.25, -0.2) is 0 Å². The Hall–Kier alpha value is -2.78. The molecule has 3 rings (SSSR count). The smallest absolute Gasteiger partial charge is 0.293 e. The fraction of sp³-hybridized carbons (Fsp3) is 0.211. The monoisotopic (exact) mass is 351 g/mol. The van der Waals surface area contributed by atoms with Crippen molar-refractivity contribution in [2.75, 3.05) is 6.54 Å². The highest BCUT2D eigenvalue weighted by atomic mass is 32.2.